The molecular weight excluding hydrogens is 320 g/mol. The van der Waals surface area contributed by atoms with E-state index in [-0.39, 0.29) is 6.10 Å². The van der Waals surface area contributed by atoms with E-state index in [4.69, 9.17) is 0 Å². The largest absolute Gasteiger partial charge is 0.396 e. The maximum atomic E-state index is 10.2. The number of aliphatic hydroxyl groups excluding tert-OH is 2. The molecule has 3 saturated carbocycles. The molecule has 2 N–H and O–H groups in total. The van der Waals surface area contributed by atoms with Gasteiger partial charge < -0.3 is 10.2 Å². The van der Waals surface area contributed by atoms with Crippen LogP contribution in [0.3, 0.4) is 0 Å². The molecule has 8 atom stereocenters. The van der Waals surface area contributed by atoms with Gasteiger partial charge in [-0.1, -0.05) is 32.4 Å². The minimum absolute atomic E-state index is 0.0945. The third-order valence-electron chi connectivity index (χ3n) is 9.66. The van der Waals surface area contributed by atoms with E-state index in [1.165, 1.54) is 44.9 Å². The van der Waals surface area contributed by atoms with Crippen molar-refractivity contribution in [1.29, 1.82) is 0 Å². The standard InChI is InChI=1S/C24H40O2/c1-16(5-4-14-25)20-8-9-21-19-7-6-17-15-18(26)10-12-23(17,2)22(19)11-13-24(20,21)3/h6,16,18-22,25-26H,4-5,7-15H2,1-3H3/t16-,18?,19+,20-,21+,22+,23+,24-/m1/s1. The van der Waals surface area contributed by atoms with Crippen molar-refractivity contribution in [2.45, 2.75) is 91.1 Å². The van der Waals surface area contributed by atoms with Crippen LogP contribution in [0.25, 0.3) is 0 Å². The molecule has 1 unspecified atom stereocenters. The summed E-state index contributed by atoms with van der Waals surface area (Å²) in [6.07, 6.45) is 14.6. The van der Waals surface area contributed by atoms with E-state index in [9.17, 15) is 10.2 Å². The minimum atomic E-state index is -0.0945. The van der Waals surface area contributed by atoms with Gasteiger partial charge >= 0.3 is 0 Å². The first-order valence-corrected chi connectivity index (χ1v) is 11.4. The molecule has 0 aliphatic heterocycles. The third-order valence-corrected chi connectivity index (χ3v) is 9.66. The molecule has 0 bridgehead atoms. The molecular formula is C24H40O2. The average molecular weight is 361 g/mol. The Bertz CT molecular complexity index is 554. The number of aliphatic hydroxyl groups is 2. The summed E-state index contributed by atoms with van der Waals surface area (Å²) in [5.74, 6) is 4.21. The van der Waals surface area contributed by atoms with E-state index >= 15 is 0 Å². The lowest BCUT2D eigenvalue weighted by Crippen LogP contribution is -2.50. The Morgan fingerprint density at radius 1 is 1.12 bits per heavy atom. The molecule has 0 aromatic carbocycles. The molecule has 0 amide bonds. The van der Waals surface area contributed by atoms with Gasteiger partial charge in [0.15, 0.2) is 0 Å². The lowest BCUT2D eigenvalue weighted by atomic mass is 9.47. The molecule has 26 heavy (non-hydrogen) atoms. The van der Waals surface area contributed by atoms with E-state index < -0.39 is 0 Å². The predicted molar refractivity (Wildman–Crippen MR) is 107 cm³/mol. The second-order valence-electron chi connectivity index (χ2n) is 10.7. The van der Waals surface area contributed by atoms with Crippen LogP contribution in [0.15, 0.2) is 11.6 Å². The van der Waals surface area contributed by atoms with Crippen LogP contribution >= 0.6 is 0 Å². The van der Waals surface area contributed by atoms with Gasteiger partial charge in [0.05, 0.1) is 6.10 Å². The molecule has 0 spiro atoms. The van der Waals surface area contributed by atoms with Crippen LogP contribution in [0.5, 0.6) is 0 Å². The predicted octanol–water partition coefficient (Wildman–Crippen LogP) is 5.33. The molecule has 3 fully saturated rings. The van der Waals surface area contributed by atoms with Crippen LogP contribution in [0, 0.1) is 40.4 Å². The molecule has 0 aromatic heterocycles. The van der Waals surface area contributed by atoms with Crippen LogP contribution in [0.1, 0.15) is 85.0 Å². The quantitative estimate of drug-likeness (QED) is 0.665. The SMILES string of the molecule is C[C@H](CCCO)[C@H]1CC[C@H]2[C@@H]3CC=C4CC(O)CC[C@]4(C)[C@H]3CC[C@]12C. The summed E-state index contributed by atoms with van der Waals surface area (Å²) in [6, 6.07) is 0. The van der Waals surface area contributed by atoms with Crippen molar-refractivity contribution in [3.63, 3.8) is 0 Å². The fraction of sp³-hybridized carbons (Fsp3) is 0.917. The fourth-order valence-electron chi connectivity index (χ4n) is 8.23. The average Bonchev–Trinajstić information content (AvgIpc) is 2.97. The molecule has 4 aliphatic carbocycles. The zero-order valence-corrected chi connectivity index (χ0v) is 17.2. The summed E-state index contributed by atoms with van der Waals surface area (Å²) in [4.78, 5) is 0. The molecule has 2 nitrogen and oxygen atoms in total. The normalized spacial score (nSPS) is 49.0. The first kappa shape index (κ1) is 19.0. The summed E-state index contributed by atoms with van der Waals surface area (Å²) < 4.78 is 0. The molecule has 0 radical (unpaired) electrons. The van der Waals surface area contributed by atoms with Crippen molar-refractivity contribution in [2.24, 2.45) is 40.4 Å². The highest BCUT2D eigenvalue weighted by atomic mass is 16.3. The van der Waals surface area contributed by atoms with Crippen molar-refractivity contribution in [3.8, 4) is 0 Å². The van der Waals surface area contributed by atoms with Crippen molar-refractivity contribution < 1.29 is 10.2 Å². The van der Waals surface area contributed by atoms with Crippen LogP contribution < -0.4 is 0 Å². The number of rotatable bonds is 4. The van der Waals surface area contributed by atoms with E-state index in [0.29, 0.717) is 17.4 Å². The van der Waals surface area contributed by atoms with Gasteiger partial charge in [-0.05, 0) is 105 Å². The van der Waals surface area contributed by atoms with Crippen LogP contribution in [0.2, 0.25) is 0 Å². The summed E-state index contributed by atoms with van der Waals surface area (Å²) in [5, 5.41) is 19.4. The van der Waals surface area contributed by atoms with Crippen molar-refractivity contribution in [2.75, 3.05) is 6.61 Å². The maximum absolute atomic E-state index is 10.2. The first-order valence-electron chi connectivity index (χ1n) is 11.4. The van der Waals surface area contributed by atoms with E-state index in [2.05, 4.69) is 26.8 Å². The smallest absolute Gasteiger partial charge is 0.0577 e. The summed E-state index contributed by atoms with van der Waals surface area (Å²) in [5.41, 5.74) is 2.47. The molecule has 4 aliphatic rings. The van der Waals surface area contributed by atoms with Crippen LogP contribution in [-0.4, -0.2) is 22.9 Å². The van der Waals surface area contributed by atoms with Gasteiger partial charge in [-0.2, -0.15) is 0 Å². The van der Waals surface area contributed by atoms with Gasteiger partial charge in [0.1, 0.15) is 0 Å². The highest BCUT2D eigenvalue weighted by Crippen LogP contribution is 2.67. The Balaban J connectivity index is 1.56. The lowest BCUT2D eigenvalue weighted by Gasteiger charge is -2.58. The first-order chi connectivity index (χ1) is 12.4. The Hall–Kier alpha value is -0.340. The van der Waals surface area contributed by atoms with Gasteiger partial charge in [0.25, 0.3) is 0 Å². The highest BCUT2D eigenvalue weighted by molar-refractivity contribution is 5.25. The molecule has 2 heteroatoms. The third kappa shape index (κ3) is 2.82. The van der Waals surface area contributed by atoms with E-state index in [1.807, 2.05) is 0 Å². The zero-order valence-electron chi connectivity index (χ0n) is 17.2. The Labute approximate surface area is 160 Å². The van der Waals surface area contributed by atoms with Gasteiger partial charge in [-0.25, -0.2) is 0 Å². The van der Waals surface area contributed by atoms with Crippen LogP contribution in [0.4, 0.5) is 0 Å². The van der Waals surface area contributed by atoms with Crippen molar-refractivity contribution in [3.05, 3.63) is 11.6 Å². The summed E-state index contributed by atoms with van der Waals surface area (Å²) in [6.45, 7) is 7.94. The van der Waals surface area contributed by atoms with Crippen molar-refractivity contribution >= 4 is 0 Å². The second-order valence-corrected chi connectivity index (χ2v) is 10.7. The van der Waals surface area contributed by atoms with Crippen molar-refractivity contribution in [1.82, 2.24) is 0 Å². The molecule has 0 saturated heterocycles. The monoisotopic (exact) mass is 360 g/mol. The van der Waals surface area contributed by atoms with Gasteiger partial charge in [-0.3, -0.25) is 0 Å². The number of hydrogen-bond acceptors (Lipinski definition) is 2. The Kier molecular flexibility index (Phi) is 5.06. The molecule has 148 valence electrons. The van der Waals surface area contributed by atoms with E-state index in [1.54, 1.807) is 5.57 Å². The van der Waals surface area contributed by atoms with Crippen LogP contribution in [-0.2, 0) is 0 Å². The summed E-state index contributed by atoms with van der Waals surface area (Å²) >= 11 is 0. The number of fused-ring (bicyclic) bond motifs is 5. The second kappa shape index (κ2) is 6.92. The minimum Gasteiger partial charge on any atom is -0.396 e. The Morgan fingerprint density at radius 3 is 2.69 bits per heavy atom. The number of hydrogen-bond donors (Lipinski definition) is 2. The fourth-order valence-corrected chi connectivity index (χ4v) is 8.23. The maximum Gasteiger partial charge on any atom is 0.0577 e. The zero-order chi connectivity index (χ0) is 18.5. The molecule has 4 rings (SSSR count). The summed E-state index contributed by atoms with van der Waals surface area (Å²) in [7, 11) is 0. The highest BCUT2D eigenvalue weighted by Gasteiger charge is 2.58. The molecule has 0 heterocycles. The van der Waals surface area contributed by atoms with E-state index in [0.717, 1.165) is 48.9 Å². The number of allylic oxidation sites excluding steroid dienone is 1. The van der Waals surface area contributed by atoms with Gasteiger partial charge in [-0.15, -0.1) is 0 Å². The Morgan fingerprint density at radius 2 is 1.92 bits per heavy atom. The topological polar surface area (TPSA) is 40.5 Å². The van der Waals surface area contributed by atoms with Gasteiger partial charge in [0.2, 0.25) is 0 Å². The lowest BCUT2D eigenvalue weighted by molar-refractivity contribution is -0.0574. The van der Waals surface area contributed by atoms with Gasteiger partial charge in [0, 0.05) is 6.61 Å². The molecule has 0 aromatic rings.